The molecule has 2 aromatic heterocycles. The zero-order valence-corrected chi connectivity index (χ0v) is 20.6. The Morgan fingerprint density at radius 1 is 1.06 bits per heavy atom. The fourth-order valence-electron chi connectivity index (χ4n) is 3.46. The molecular formula is C24H24N4O4S2. The van der Waals surface area contributed by atoms with Crippen molar-refractivity contribution >= 4 is 21.4 Å². The van der Waals surface area contributed by atoms with Crippen molar-refractivity contribution in [2.45, 2.75) is 25.3 Å². The number of nitrogens with one attached hydrogen (secondary N) is 1. The molecule has 2 heterocycles. The van der Waals surface area contributed by atoms with Crippen LogP contribution in [0.15, 0.2) is 70.4 Å². The molecule has 0 aliphatic heterocycles. The highest BCUT2D eigenvalue weighted by Crippen LogP contribution is 2.33. The summed E-state index contributed by atoms with van der Waals surface area (Å²) in [6.07, 6.45) is 0. The molecule has 2 aromatic carbocycles. The van der Waals surface area contributed by atoms with Gasteiger partial charge >= 0.3 is 0 Å². The zero-order valence-electron chi connectivity index (χ0n) is 19.0. The second kappa shape index (κ2) is 9.88. The van der Waals surface area contributed by atoms with Gasteiger partial charge in [0.15, 0.2) is 0 Å². The first kappa shape index (κ1) is 23.8. The molecule has 0 amide bonds. The Morgan fingerprint density at radius 3 is 2.53 bits per heavy atom. The molecule has 4 aromatic rings. The molecule has 4 rings (SSSR count). The largest absolute Gasteiger partial charge is 0.496 e. The van der Waals surface area contributed by atoms with Crippen molar-refractivity contribution in [3.63, 3.8) is 0 Å². The molecule has 0 aliphatic rings. The van der Waals surface area contributed by atoms with Gasteiger partial charge in [-0.3, -0.25) is 4.79 Å². The molecule has 0 aliphatic carbocycles. The number of sulfonamides is 1. The SMILES string of the molecule is COc1ccc(S(=O)(=O)NCCn2nc(-c3sc(-c4ccccc4)nc3C)ccc2=O)cc1C. The zero-order chi connectivity index (χ0) is 24.3. The van der Waals surface area contributed by atoms with Crippen LogP contribution in [-0.2, 0) is 16.6 Å². The summed E-state index contributed by atoms with van der Waals surface area (Å²) in [5, 5.41) is 5.33. The Bertz CT molecular complexity index is 1480. The molecule has 176 valence electrons. The standard InChI is InChI=1S/C24H24N4O4S2/c1-16-15-19(9-11-21(16)32-3)34(30,31)25-13-14-28-22(29)12-10-20(27-28)23-17(2)26-24(33-23)18-7-5-4-6-8-18/h4-12,15,25H,13-14H2,1-3H3. The van der Waals surface area contributed by atoms with Gasteiger partial charge in [0.05, 0.1) is 29.1 Å². The fourth-order valence-corrected chi connectivity index (χ4v) is 5.60. The van der Waals surface area contributed by atoms with Crippen LogP contribution in [-0.4, -0.2) is 36.8 Å². The number of ether oxygens (including phenoxy) is 1. The first-order valence-corrected chi connectivity index (χ1v) is 12.8. The molecule has 0 radical (unpaired) electrons. The van der Waals surface area contributed by atoms with E-state index in [1.165, 1.54) is 35.3 Å². The van der Waals surface area contributed by atoms with Crippen molar-refractivity contribution in [3.8, 4) is 26.9 Å². The van der Waals surface area contributed by atoms with E-state index in [-0.39, 0.29) is 23.5 Å². The molecule has 0 spiro atoms. The van der Waals surface area contributed by atoms with E-state index in [1.807, 2.05) is 37.3 Å². The molecule has 0 saturated heterocycles. The number of thiazole rings is 1. The third-order valence-corrected chi connectivity index (χ3v) is 7.90. The van der Waals surface area contributed by atoms with Gasteiger partial charge in [0, 0.05) is 18.2 Å². The van der Waals surface area contributed by atoms with E-state index >= 15 is 0 Å². The summed E-state index contributed by atoms with van der Waals surface area (Å²) in [7, 11) is -2.21. The summed E-state index contributed by atoms with van der Waals surface area (Å²) < 4.78 is 34.3. The van der Waals surface area contributed by atoms with Crippen molar-refractivity contribution < 1.29 is 13.2 Å². The average Bonchev–Trinajstić information content (AvgIpc) is 3.22. The normalized spacial score (nSPS) is 11.5. The maximum Gasteiger partial charge on any atom is 0.266 e. The Labute approximate surface area is 201 Å². The van der Waals surface area contributed by atoms with Crippen LogP contribution in [0.25, 0.3) is 21.1 Å². The summed E-state index contributed by atoms with van der Waals surface area (Å²) in [6.45, 7) is 3.78. The first-order chi connectivity index (χ1) is 16.3. The molecule has 10 heteroatoms. The van der Waals surface area contributed by atoms with Gasteiger partial charge in [-0.15, -0.1) is 11.3 Å². The highest BCUT2D eigenvalue weighted by molar-refractivity contribution is 7.89. The maximum atomic E-state index is 12.7. The number of aromatic nitrogens is 3. The molecule has 0 saturated carbocycles. The van der Waals surface area contributed by atoms with Crippen LogP contribution >= 0.6 is 11.3 Å². The second-order valence-electron chi connectivity index (χ2n) is 7.61. The van der Waals surface area contributed by atoms with Crippen molar-refractivity contribution in [3.05, 3.63) is 82.3 Å². The lowest BCUT2D eigenvalue weighted by Crippen LogP contribution is -2.32. The van der Waals surface area contributed by atoms with E-state index in [9.17, 15) is 13.2 Å². The van der Waals surface area contributed by atoms with Gasteiger partial charge in [-0.2, -0.15) is 5.10 Å². The van der Waals surface area contributed by atoms with Crippen LogP contribution in [0.1, 0.15) is 11.3 Å². The van der Waals surface area contributed by atoms with E-state index in [0.717, 1.165) is 21.1 Å². The van der Waals surface area contributed by atoms with Crippen molar-refractivity contribution in [1.29, 1.82) is 0 Å². The minimum Gasteiger partial charge on any atom is -0.496 e. The van der Waals surface area contributed by atoms with Gasteiger partial charge in [0.1, 0.15) is 16.5 Å². The van der Waals surface area contributed by atoms with Crippen LogP contribution in [0.5, 0.6) is 5.75 Å². The highest BCUT2D eigenvalue weighted by Gasteiger charge is 2.16. The van der Waals surface area contributed by atoms with E-state index in [1.54, 1.807) is 25.1 Å². The summed E-state index contributed by atoms with van der Waals surface area (Å²) >= 11 is 1.50. The smallest absolute Gasteiger partial charge is 0.266 e. The van der Waals surface area contributed by atoms with Gasteiger partial charge < -0.3 is 4.74 Å². The summed E-state index contributed by atoms with van der Waals surface area (Å²) in [5.41, 5.74) is 2.85. The van der Waals surface area contributed by atoms with E-state index < -0.39 is 10.0 Å². The van der Waals surface area contributed by atoms with Gasteiger partial charge in [-0.1, -0.05) is 30.3 Å². The maximum absolute atomic E-state index is 12.7. The summed E-state index contributed by atoms with van der Waals surface area (Å²) in [5.74, 6) is 0.611. The van der Waals surface area contributed by atoms with Gasteiger partial charge in [0.25, 0.3) is 5.56 Å². The van der Waals surface area contributed by atoms with E-state index in [2.05, 4.69) is 14.8 Å². The molecule has 0 unspecified atom stereocenters. The van der Waals surface area contributed by atoms with Crippen molar-refractivity contribution in [2.24, 2.45) is 0 Å². The third kappa shape index (κ3) is 5.09. The number of hydrogen-bond donors (Lipinski definition) is 1. The monoisotopic (exact) mass is 496 g/mol. The average molecular weight is 497 g/mol. The second-order valence-corrected chi connectivity index (χ2v) is 10.4. The minimum absolute atomic E-state index is 0.0146. The number of methoxy groups -OCH3 is 1. The van der Waals surface area contributed by atoms with E-state index in [4.69, 9.17) is 4.74 Å². The number of benzene rings is 2. The van der Waals surface area contributed by atoms with Crippen LogP contribution in [0, 0.1) is 13.8 Å². The lowest BCUT2D eigenvalue weighted by Gasteiger charge is -2.10. The summed E-state index contributed by atoms with van der Waals surface area (Å²) in [6, 6.07) is 17.6. The predicted molar refractivity (Wildman–Crippen MR) is 133 cm³/mol. The Kier molecular flexibility index (Phi) is 6.92. The number of hydrogen-bond acceptors (Lipinski definition) is 7. The predicted octanol–water partition coefficient (Wildman–Crippen LogP) is 3.64. The molecule has 0 bridgehead atoms. The van der Waals surface area contributed by atoms with Crippen LogP contribution < -0.4 is 15.0 Å². The highest BCUT2D eigenvalue weighted by atomic mass is 32.2. The lowest BCUT2D eigenvalue weighted by atomic mass is 10.2. The minimum atomic E-state index is -3.74. The topological polar surface area (TPSA) is 103 Å². The number of nitrogens with zero attached hydrogens (tertiary/aromatic N) is 3. The molecule has 8 nitrogen and oxygen atoms in total. The molecule has 0 fully saturated rings. The van der Waals surface area contributed by atoms with Crippen molar-refractivity contribution in [2.75, 3.05) is 13.7 Å². The van der Waals surface area contributed by atoms with E-state index in [0.29, 0.717) is 17.0 Å². The lowest BCUT2D eigenvalue weighted by molar-refractivity contribution is 0.411. The molecular weight excluding hydrogens is 472 g/mol. The Balaban J connectivity index is 1.51. The first-order valence-electron chi connectivity index (χ1n) is 10.5. The van der Waals surface area contributed by atoms with Crippen LogP contribution in [0.3, 0.4) is 0 Å². The molecule has 1 N–H and O–H groups in total. The van der Waals surface area contributed by atoms with Crippen LogP contribution in [0.2, 0.25) is 0 Å². The van der Waals surface area contributed by atoms with Crippen LogP contribution in [0.4, 0.5) is 0 Å². The molecule has 34 heavy (non-hydrogen) atoms. The van der Waals surface area contributed by atoms with Gasteiger partial charge in [0.2, 0.25) is 10.0 Å². The van der Waals surface area contributed by atoms with Gasteiger partial charge in [-0.05, 0) is 43.7 Å². The summed E-state index contributed by atoms with van der Waals surface area (Å²) in [4.78, 5) is 18.0. The number of rotatable bonds is 8. The quantitative estimate of drug-likeness (QED) is 0.400. The Morgan fingerprint density at radius 2 is 1.82 bits per heavy atom. The molecule has 0 atom stereocenters. The fraction of sp³-hybridized carbons (Fsp3) is 0.208. The van der Waals surface area contributed by atoms with Crippen molar-refractivity contribution in [1.82, 2.24) is 19.5 Å². The third-order valence-electron chi connectivity index (χ3n) is 5.21. The Hall–Kier alpha value is -3.34. The number of aryl methyl sites for hydroxylation is 2. The van der Waals surface area contributed by atoms with Gasteiger partial charge in [-0.25, -0.2) is 22.8 Å².